The molecule has 16 heavy (non-hydrogen) atoms. The molecule has 1 aliphatic heterocycles. The number of aromatic nitrogens is 2. The van der Waals surface area contributed by atoms with Crippen molar-refractivity contribution in [3.05, 3.63) is 30.6 Å². The van der Waals surface area contributed by atoms with Crippen molar-refractivity contribution in [3.8, 4) is 0 Å². The van der Waals surface area contributed by atoms with E-state index in [1.807, 2.05) is 24.3 Å². The average molecular weight is 215 g/mol. The van der Waals surface area contributed by atoms with Gasteiger partial charge in [0.1, 0.15) is 12.1 Å². The van der Waals surface area contributed by atoms with Crippen LogP contribution in [0, 0.1) is 0 Å². The first kappa shape index (κ1) is 9.54. The third-order valence-corrected chi connectivity index (χ3v) is 2.98. The highest BCUT2D eigenvalue weighted by molar-refractivity contribution is 5.89. The van der Waals surface area contributed by atoms with Gasteiger partial charge in [-0.05, 0) is 18.6 Å². The second kappa shape index (κ2) is 3.72. The molecule has 4 heteroatoms. The molecule has 1 fully saturated rings. The quantitative estimate of drug-likeness (QED) is 0.776. The van der Waals surface area contributed by atoms with Crippen LogP contribution >= 0.6 is 0 Å². The molecule has 1 N–H and O–H groups in total. The Bertz CT molecular complexity index is 509. The van der Waals surface area contributed by atoms with Crippen LogP contribution < -0.4 is 4.90 Å². The van der Waals surface area contributed by atoms with Gasteiger partial charge in [-0.15, -0.1) is 0 Å². The molecule has 0 saturated carbocycles. The first-order chi connectivity index (χ1) is 7.84. The molecule has 0 unspecified atom stereocenters. The molecule has 1 aromatic carbocycles. The molecule has 2 heterocycles. The van der Waals surface area contributed by atoms with Gasteiger partial charge in [0.2, 0.25) is 0 Å². The first-order valence-corrected chi connectivity index (χ1v) is 5.47. The minimum absolute atomic E-state index is 0.228. The molecule has 0 bridgehead atoms. The molecule has 0 aliphatic carbocycles. The van der Waals surface area contributed by atoms with Gasteiger partial charge in [0, 0.05) is 18.5 Å². The maximum atomic E-state index is 9.55. The Labute approximate surface area is 93.6 Å². The van der Waals surface area contributed by atoms with Gasteiger partial charge in [-0.25, -0.2) is 9.97 Å². The van der Waals surface area contributed by atoms with Crippen LogP contribution in [-0.4, -0.2) is 34.3 Å². The number of hydrogen-bond acceptors (Lipinski definition) is 4. The van der Waals surface area contributed by atoms with Crippen molar-refractivity contribution in [2.45, 2.75) is 12.5 Å². The van der Waals surface area contributed by atoms with Crippen molar-refractivity contribution >= 4 is 16.7 Å². The van der Waals surface area contributed by atoms with Crippen molar-refractivity contribution in [2.24, 2.45) is 0 Å². The van der Waals surface area contributed by atoms with E-state index in [9.17, 15) is 5.11 Å². The molecule has 1 aromatic heterocycles. The van der Waals surface area contributed by atoms with Gasteiger partial charge in [0.05, 0.1) is 11.6 Å². The highest BCUT2D eigenvalue weighted by Crippen LogP contribution is 2.25. The summed E-state index contributed by atoms with van der Waals surface area (Å²) in [7, 11) is 0. The summed E-state index contributed by atoms with van der Waals surface area (Å²) in [5, 5.41) is 10.6. The van der Waals surface area contributed by atoms with Crippen molar-refractivity contribution in [1.29, 1.82) is 0 Å². The van der Waals surface area contributed by atoms with E-state index in [2.05, 4.69) is 14.9 Å². The highest BCUT2D eigenvalue weighted by Gasteiger charge is 2.22. The van der Waals surface area contributed by atoms with Gasteiger partial charge >= 0.3 is 0 Å². The Morgan fingerprint density at radius 3 is 2.94 bits per heavy atom. The van der Waals surface area contributed by atoms with Crippen LogP contribution in [0.25, 0.3) is 10.9 Å². The van der Waals surface area contributed by atoms with Crippen LogP contribution in [0.3, 0.4) is 0 Å². The third-order valence-electron chi connectivity index (χ3n) is 2.98. The fraction of sp³-hybridized carbons (Fsp3) is 0.333. The molecule has 82 valence electrons. The van der Waals surface area contributed by atoms with E-state index in [0.29, 0.717) is 6.54 Å². The molecule has 0 amide bonds. The zero-order valence-corrected chi connectivity index (χ0v) is 8.87. The lowest BCUT2D eigenvalue weighted by Gasteiger charge is -2.17. The van der Waals surface area contributed by atoms with Crippen LogP contribution in [0.5, 0.6) is 0 Å². The smallest absolute Gasteiger partial charge is 0.139 e. The van der Waals surface area contributed by atoms with Gasteiger partial charge in [-0.2, -0.15) is 0 Å². The molecule has 0 spiro atoms. The van der Waals surface area contributed by atoms with Gasteiger partial charge < -0.3 is 10.0 Å². The Morgan fingerprint density at radius 2 is 2.12 bits per heavy atom. The number of β-amino-alcohol motifs (C(OH)–C–C–N with tert-alkyl or cyclic N) is 1. The maximum Gasteiger partial charge on any atom is 0.139 e. The van der Waals surface area contributed by atoms with Gasteiger partial charge in [0.15, 0.2) is 0 Å². The van der Waals surface area contributed by atoms with E-state index in [0.717, 1.165) is 29.7 Å². The topological polar surface area (TPSA) is 49.2 Å². The minimum Gasteiger partial charge on any atom is -0.391 e. The Hall–Kier alpha value is -1.68. The second-order valence-corrected chi connectivity index (χ2v) is 4.10. The number of nitrogens with zero attached hydrogens (tertiary/aromatic N) is 3. The first-order valence-electron chi connectivity index (χ1n) is 5.47. The lowest BCUT2D eigenvalue weighted by atomic mass is 10.2. The highest BCUT2D eigenvalue weighted by atomic mass is 16.3. The van der Waals surface area contributed by atoms with Crippen LogP contribution in [0.1, 0.15) is 6.42 Å². The molecular formula is C12H13N3O. The number of aliphatic hydroxyl groups excluding tert-OH is 1. The van der Waals surface area contributed by atoms with E-state index in [1.54, 1.807) is 6.33 Å². The maximum absolute atomic E-state index is 9.55. The summed E-state index contributed by atoms with van der Waals surface area (Å²) in [5.41, 5.74) is 0.953. The van der Waals surface area contributed by atoms with E-state index in [-0.39, 0.29) is 6.10 Å². The summed E-state index contributed by atoms with van der Waals surface area (Å²) in [6.45, 7) is 1.53. The number of rotatable bonds is 1. The van der Waals surface area contributed by atoms with Gasteiger partial charge in [-0.1, -0.05) is 12.1 Å². The number of fused-ring (bicyclic) bond motifs is 1. The Kier molecular flexibility index (Phi) is 2.22. The van der Waals surface area contributed by atoms with E-state index < -0.39 is 0 Å². The van der Waals surface area contributed by atoms with Crippen molar-refractivity contribution in [2.75, 3.05) is 18.0 Å². The summed E-state index contributed by atoms with van der Waals surface area (Å²) in [6, 6.07) is 7.96. The number of benzene rings is 1. The summed E-state index contributed by atoms with van der Waals surface area (Å²) < 4.78 is 0. The van der Waals surface area contributed by atoms with E-state index in [4.69, 9.17) is 0 Å². The van der Waals surface area contributed by atoms with Crippen LogP contribution in [-0.2, 0) is 0 Å². The SMILES string of the molecule is O[C@@H]1CCN(c2ncnc3ccccc23)C1. The predicted octanol–water partition coefficient (Wildman–Crippen LogP) is 1.20. The lowest BCUT2D eigenvalue weighted by molar-refractivity contribution is 0.198. The summed E-state index contributed by atoms with van der Waals surface area (Å²) in [6.07, 6.45) is 2.18. The van der Waals surface area contributed by atoms with E-state index in [1.165, 1.54) is 0 Å². The Morgan fingerprint density at radius 1 is 1.25 bits per heavy atom. The summed E-state index contributed by atoms with van der Waals surface area (Å²) in [5.74, 6) is 0.933. The number of anilines is 1. The average Bonchev–Trinajstić information content (AvgIpc) is 2.75. The molecule has 3 rings (SSSR count). The molecule has 2 aromatic rings. The normalized spacial score (nSPS) is 20.6. The molecule has 1 atom stereocenters. The largest absolute Gasteiger partial charge is 0.391 e. The van der Waals surface area contributed by atoms with Crippen LogP contribution in [0.15, 0.2) is 30.6 Å². The van der Waals surface area contributed by atoms with Gasteiger partial charge in [-0.3, -0.25) is 0 Å². The molecule has 1 saturated heterocycles. The van der Waals surface area contributed by atoms with Crippen LogP contribution in [0.2, 0.25) is 0 Å². The fourth-order valence-electron chi connectivity index (χ4n) is 2.18. The number of hydrogen-bond donors (Lipinski definition) is 1. The molecule has 0 radical (unpaired) electrons. The summed E-state index contributed by atoms with van der Waals surface area (Å²) >= 11 is 0. The molecular weight excluding hydrogens is 202 g/mol. The predicted molar refractivity (Wildman–Crippen MR) is 62.4 cm³/mol. The standard InChI is InChI=1S/C12H13N3O/c16-9-5-6-15(7-9)12-10-3-1-2-4-11(10)13-8-14-12/h1-4,8-9,16H,5-7H2/t9-/m1/s1. The van der Waals surface area contributed by atoms with Crippen molar-refractivity contribution in [1.82, 2.24) is 9.97 Å². The van der Waals surface area contributed by atoms with Crippen molar-refractivity contribution < 1.29 is 5.11 Å². The van der Waals surface area contributed by atoms with Crippen LogP contribution in [0.4, 0.5) is 5.82 Å². The fourth-order valence-corrected chi connectivity index (χ4v) is 2.18. The lowest BCUT2D eigenvalue weighted by Crippen LogP contribution is -2.22. The van der Waals surface area contributed by atoms with Crippen molar-refractivity contribution in [3.63, 3.8) is 0 Å². The third kappa shape index (κ3) is 1.51. The zero-order chi connectivity index (χ0) is 11.0. The monoisotopic (exact) mass is 215 g/mol. The Balaban J connectivity index is 2.09. The molecule has 1 aliphatic rings. The van der Waals surface area contributed by atoms with E-state index >= 15 is 0 Å². The number of aliphatic hydroxyl groups is 1. The summed E-state index contributed by atoms with van der Waals surface area (Å²) in [4.78, 5) is 10.7. The minimum atomic E-state index is -0.228. The number of para-hydroxylation sites is 1. The second-order valence-electron chi connectivity index (χ2n) is 4.10. The molecule has 4 nitrogen and oxygen atoms in total. The zero-order valence-electron chi connectivity index (χ0n) is 8.87. The van der Waals surface area contributed by atoms with Gasteiger partial charge in [0.25, 0.3) is 0 Å².